The number of hydrogen-bond donors (Lipinski definition) is 1. The van der Waals surface area contributed by atoms with Crippen molar-refractivity contribution in [3.63, 3.8) is 0 Å². The van der Waals surface area contributed by atoms with Crippen molar-refractivity contribution in [1.82, 2.24) is 30.0 Å². The van der Waals surface area contributed by atoms with Gasteiger partial charge in [0.05, 0.1) is 7.11 Å². The predicted molar refractivity (Wildman–Crippen MR) is 81.1 cm³/mol. The van der Waals surface area contributed by atoms with Gasteiger partial charge in [0.15, 0.2) is 5.82 Å². The van der Waals surface area contributed by atoms with E-state index < -0.39 is 0 Å². The lowest BCUT2D eigenvalue weighted by atomic mass is 10.2. The third kappa shape index (κ3) is 3.49. The maximum absolute atomic E-state index is 12.2. The van der Waals surface area contributed by atoms with E-state index >= 15 is 0 Å². The lowest BCUT2D eigenvalue weighted by Gasteiger charge is -2.07. The Morgan fingerprint density at radius 3 is 2.91 bits per heavy atom. The van der Waals surface area contributed by atoms with E-state index in [-0.39, 0.29) is 5.91 Å². The van der Waals surface area contributed by atoms with E-state index in [1.165, 1.54) is 17.3 Å². The molecule has 23 heavy (non-hydrogen) atoms. The Hall–Kier alpha value is -3.29. The minimum absolute atomic E-state index is 0.204. The first-order chi connectivity index (χ1) is 11.3. The van der Waals surface area contributed by atoms with Crippen molar-refractivity contribution in [3.8, 4) is 11.7 Å². The summed E-state index contributed by atoms with van der Waals surface area (Å²) in [4.78, 5) is 24.3. The normalized spacial score (nSPS) is 10.3. The van der Waals surface area contributed by atoms with Gasteiger partial charge in [-0.1, -0.05) is 6.07 Å². The molecule has 3 aromatic rings. The fraction of sp³-hybridized carbons (Fsp3) is 0.133. The number of aromatic nitrogens is 5. The number of nitrogens with one attached hydrogen (secondary N) is 1. The maximum atomic E-state index is 12.2. The number of carbonyl (C=O) groups excluding carboxylic acids is 1. The molecule has 3 aromatic heterocycles. The second-order valence-corrected chi connectivity index (χ2v) is 4.63. The zero-order valence-electron chi connectivity index (χ0n) is 12.4. The van der Waals surface area contributed by atoms with Crippen LogP contribution in [0.1, 0.15) is 15.9 Å². The third-order valence-electron chi connectivity index (χ3n) is 3.12. The van der Waals surface area contributed by atoms with Gasteiger partial charge in [-0.3, -0.25) is 4.79 Å². The van der Waals surface area contributed by atoms with E-state index in [9.17, 15) is 4.79 Å². The van der Waals surface area contributed by atoms with E-state index in [0.717, 1.165) is 5.56 Å². The topological polar surface area (TPSA) is 94.8 Å². The Balaban J connectivity index is 1.67. The van der Waals surface area contributed by atoms with E-state index in [1.807, 2.05) is 6.07 Å². The Bertz CT molecular complexity index is 786. The van der Waals surface area contributed by atoms with Crippen LogP contribution in [0.15, 0.2) is 49.3 Å². The Morgan fingerprint density at radius 1 is 1.30 bits per heavy atom. The Morgan fingerprint density at radius 2 is 2.22 bits per heavy atom. The summed E-state index contributed by atoms with van der Waals surface area (Å²) < 4.78 is 6.48. The lowest BCUT2D eigenvalue weighted by molar-refractivity contribution is 0.0950. The summed E-state index contributed by atoms with van der Waals surface area (Å²) in [5, 5.41) is 6.82. The van der Waals surface area contributed by atoms with Gasteiger partial charge >= 0.3 is 0 Å². The van der Waals surface area contributed by atoms with E-state index in [4.69, 9.17) is 4.74 Å². The number of carbonyl (C=O) groups is 1. The van der Waals surface area contributed by atoms with Gasteiger partial charge in [0.25, 0.3) is 5.91 Å². The molecule has 8 nitrogen and oxygen atoms in total. The zero-order chi connectivity index (χ0) is 16.1. The molecule has 0 unspecified atom stereocenters. The molecule has 0 saturated heterocycles. The fourth-order valence-corrected chi connectivity index (χ4v) is 1.93. The third-order valence-corrected chi connectivity index (χ3v) is 3.12. The molecular formula is C15H14N6O2. The highest BCUT2D eigenvalue weighted by atomic mass is 16.5. The summed E-state index contributed by atoms with van der Waals surface area (Å²) in [5.41, 5.74) is 1.37. The van der Waals surface area contributed by atoms with Gasteiger partial charge < -0.3 is 10.1 Å². The van der Waals surface area contributed by atoms with Crippen LogP contribution in [0.25, 0.3) is 5.82 Å². The van der Waals surface area contributed by atoms with Crippen molar-refractivity contribution in [2.24, 2.45) is 0 Å². The van der Waals surface area contributed by atoms with Crippen LogP contribution in [-0.2, 0) is 6.54 Å². The summed E-state index contributed by atoms with van der Waals surface area (Å²) in [7, 11) is 1.56. The van der Waals surface area contributed by atoms with Crippen molar-refractivity contribution in [1.29, 1.82) is 0 Å². The van der Waals surface area contributed by atoms with Crippen molar-refractivity contribution in [2.45, 2.75) is 6.54 Å². The molecule has 1 amide bonds. The molecule has 0 saturated carbocycles. The summed E-state index contributed by atoms with van der Waals surface area (Å²) in [6, 6.07) is 6.88. The van der Waals surface area contributed by atoms with Gasteiger partial charge in [-0.2, -0.15) is 5.10 Å². The molecule has 8 heteroatoms. The average molecular weight is 310 g/mol. The first-order valence-electron chi connectivity index (χ1n) is 6.84. The van der Waals surface area contributed by atoms with Crippen molar-refractivity contribution < 1.29 is 9.53 Å². The quantitative estimate of drug-likeness (QED) is 0.755. The molecule has 0 fully saturated rings. The first-order valence-corrected chi connectivity index (χ1v) is 6.84. The highest BCUT2D eigenvalue weighted by Gasteiger charge is 2.08. The van der Waals surface area contributed by atoms with Gasteiger partial charge in [-0.05, 0) is 17.7 Å². The van der Waals surface area contributed by atoms with Crippen LogP contribution in [0.5, 0.6) is 5.88 Å². The summed E-state index contributed by atoms with van der Waals surface area (Å²) in [5.74, 6) is 0.859. The molecule has 116 valence electrons. The molecule has 0 aliphatic heterocycles. The monoisotopic (exact) mass is 310 g/mol. The molecule has 0 spiro atoms. The molecule has 0 aromatic carbocycles. The number of pyridine rings is 2. The van der Waals surface area contributed by atoms with Crippen LogP contribution in [0, 0.1) is 0 Å². The number of hydrogen-bond acceptors (Lipinski definition) is 6. The summed E-state index contributed by atoms with van der Waals surface area (Å²) in [6.45, 7) is 0.372. The van der Waals surface area contributed by atoms with Crippen LogP contribution in [0.3, 0.4) is 0 Å². The predicted octanol–water partition coefficient (Wildman–Crippen LogP) is 0.996. The maximum Gasteiger partial charge on any atom is 0.251 e. The summed E-state index contributed by atoms with van der Waals surface area (Å²) >= 11 is 0. The molecule has 0 aliphatic carbocycles. The van der Waals surface area contributed by atoms with Crippen molar-refractivity contribution in [2.75, 3.05) is 7.11 Å². The number of ether oxygens (including phenoxy) is 1. The van der Waals surface area contributed by atoms with Crippen molar-refractivity contribution in [3.05, 3.63) is 60.4 Å². The SMILES string of the molecule is COc1ccc(CNC(=O)c2ccnc(-n3cncn3)c2)cn1. The Kier molecular flexibility index (Phi) is 4.23. The number of amides is 1. The second kappa shape index (κ2) is 6.65. The number of nitrogens with zero attached hydrogens (tertiary/aromatic N) is 5. The van der Waals surface area contributed by atoms with E-state index in [1.54, 1.807) is 37.7 Å². The van der Waals surface area contributed by atoms with E-state index in [2.05, 4.69) is 25.4 Å². The molecule has 3 heterocycles. The molecule has 3 rings (SSSR count). The van der Waals surface area contributed by atoms with Crippen LogP contribution in [0.2, 0.25) is 0 Å². The molecule has 0 aliphatic rings. The smallest absolute Gasteiger partial charge is 0.251 e. The summed E-state index contributed by atoms with van der Waals surface area (Å²) in [6.07, 6.45) is 6.14. The minimum atomic E-state index is -0.204. The Labute approximate surface area is 132 Å². The molecular weight excluding hydrogens is 296 g/mol. The number of rotatable bonds is 5. The van der Waals surface area contributed by atoms with Gasteiger partial charge in [-0.25, -0.2) is 19.6 Å². The van der Waals surface area contributed by atoms with Crippen LogP contribution in [-0.4, -0.2) is 37.7 Å². The lowest BCUT2D eigenvalue weighted by Crippen LogP contribution is -2.23. The van der Waals surface area contributed by atoms with Gasteiger partial charge in [0, 0.05) is 30.6 Å². The largest absolute Gasteiger partial charge is 0.481 e. The zero-order valence-corrected chi connectivity index (χ0v) is 12.4. The van der Waals surface area contributed by atoms with Gasteiger partial charge in [0.2, 0.25) is 5.88 Å². The molecule has 1 N–H and O–H groups in total. The highest BCUT2D eigenvalue weighted by molar-refractivity contribution is 5.94. The van der Waals surface area contributed by atoms with Crippen LogP contribution < -0.4 is 10.1 Å². The molecule has 0 bridgehead atoms. The number of methoxy groups -OCH3 is 1. The average Bonchev–Trinajstić information content (AvgIpc) is 3.15. The highest BCUT2D eigenvalue weighted by Crippen LogP contribution is 2.08. The fourth-order valence-electron chi connectivity index (χ4n) is 1.93. The van der Waals surface area contributed by atoms with E-state index in [0.29, 0.717) is 23.8 Å². The van der Waals surface area contributed by atoms with Crippen molar-refractivity contribution >= 4 is 5.91 Å². The van der Waals surface area contributed by atoms with Crippen LogP contribution in [0.4, 0.5) is 0 Å². The molecule has 0 atom stereocenters. The van der Waals surface area contributed by atoms with Gasteiger partial charge in [0.1, 0.15) is 12.7 Å². The molecule has 0 radical (unpaired) electrons. The second-order valence-electron chi connectivity index (χ2n) is 4.63. The standard InChI is InChI=1S/C15H14N6O2/c1-23-14-3-2-11(7-18-14)8-19-15(22)12-4-5-17-13(6-12)21-10-16-9-20-21/h2-7,9-10H,8H2,1H3,(H,19,22). The van der Waals surface area contributed by atoms with Gasteiger partial charge in [-0.15, -0.1) is 0 Å². The van der Waals surface area contributed by atoms with Crippen LogP contribution >= 0.6 is 0 Å². The first kappa shape index (κ1) is 14.6. The minimum Gasteiger partial charge on any atom is -0.481 e.